The van der Waals surface area contributed by atoms with E-state index in [9.17, 15) is 9.59 Å². The predicted octanol–water partition coefficient (Wildman–Crippen LogP) is 3.96. The molecule has 0 aliphatic carbocycles. The van der Waals surface area contributed by atoms with Gasteiger partial charge in [-0.15, -0.1) is 0 Å². The number of carbonyl (C=O) groups excluding carboxylic acids is 2. The van der Waals surface area contributed by atoms with Crippen LogP contribution < -0.4 is 15.4 Å². The molecule has 0 fully saturated rings. The smallest absolute Gasteiger partial charge is 0.262 e. The topological polar surface area (TPSA) is 67.4 Å². The van der Waals surface area contributed by atoms with Gasteiger partial charge in [0.2, 0.25) is 5.91 Å². The van der Waals surface area contributed by atoms with E-state index >= 15 is 0 Å². The van der Waals surface area contributed by atoms with E-state index in [1.54, 1.807) is 24.3 Å². The number of benzene rings is 2. The third kappa shape index (κ3) is 5.95. The summed E-state index contributed by atoms with van der Waals surface area (Å²) in [5.74, 6) is 0.201. The minimum atomic E-state index is -0.227. The first-order valence-corrected chi connectivity index (χ1v) is 8.15. The van der Waals surface area contributed by atoms with Crippen molar-refractivity contribution in [3.63, 3.8) is 0 Å². The van der Waals surface area contributed by atoms with Gasteiger partial charge in [0.05, 0.1) is 0 Å². The van der Waals surface area contributed by atoms with Crippen molar-refractivity contribution in [3.8, 4) is 5.75 Å². The Hall–Kier alpha value is -2.82. The molecule has 0 bridgehead atoms. The monoisotopic (exact) mass is 340 g/mol. The van der Waals surface area contributed by atoms with Crippen molar-refractivity contribution in [1.29, 1.82) is 0 Å². The predicted molar refractivity (Wildman–Crippen MR) is 100 cm³/mol. The Bertz CT molecular complexity index is 729. The van der Waals surface area contributed by atoms with Crippen LogP contribution in [0.25, 0.3) is 0 Å². The summed E-state index contributed by atoms with van der Waals surface area (Å²) in [6, 6.07) is 14.7. The second-order valence-corrected chi connectivity index (χ2v) is 6.87. The molecule has 0 aliphatic heterocycles. The van der Waals surface area contributed by atoms with E-state index < -0.39 is 0 Å². The van der Waals surface area contributed by atoms with Gasteiger partial charge in [-0.25, -0.2) is 0 Å². The van der Waals surface area contributed by atoms with Crippen LogP contribution in [0.2, 0.25) is 0 Å². The molecule has 0 unspecified atom stereocenters. The van der Waals surface area contributed by atoms with Crippen LogP contribution in [-0.2, 0) is 15.0 Å². The molecular weight excluding hydrogens is 316 g/mol. The van der Waals surface area contributed by atoms with E-state index in [0.29, 0.717) is 11.4 Å². The molecule has 0 saturated heterocycles. The average Bonchev–Trinajstić information content (AvgIpc) is 2.53. The van der Waals surface area contributed by atoms with Crippen LogP contribution in [0.5, 0.6) is 5.75 Å². The number of hydrogen-bond acceptors (Lipinski definition) is 3. The summed E-state index contributed by atoms with van der Waals surface area (Å²) in [6.07, 6.45) is 0. The Morgan fingerprint density at radius 2 is 1.40 bits per heavy atom. The highest BCUT2D eigenvalue weighted by Crippen LogP contribution is 2.23. The molecule has 0 aromatic heterocycles. The molecule has 2 rings (SSSR count). The minimum absolute atomic E-state index is 0.0784. The standard InChI is InChI=1S/C20H24N2O3/c1-14(23)21-16-9-11-18(12-10-16)25-13-19(24)22-17-7-5-15(6-8-17)20(2,3)4/h5-12H,13H2,1-4H3,(H,21,23)(H,22,24). The van der Waals surface area contributed by atoms with E-state index in [-0.39, 0.29) is 23.8 Å². The summed E-state index contributed by atoms with van der Waals surface area (Å²) in [6.45, 7) is 7.80. The van der Waals surface area contributed by atoms with Gasteiger partial charge in [-0.3, -0.25) is 9.59 Å². The molecule has 25 heavy (non-hydrogen) atoms. The molecule has 0 heterocycles. The third-order valence-corrected chi connectivity index (χ3v) is 3.58. The number of ether oxygens (including phenoxy) is 1. The largest absolute Gasteiger partial charge is 0.484 e. The molecule has 0 aliphatic rings. The summed E-state index contributed by atoms with van der Waals surface area (Å²) in [5, 5.41) is 5.48. The molecule has 2 N–H and O–H groups in total. The van der Waals surface area contributed by atoms with Gasteiger partial charge in [0.15, 0.2) is 6.61 Å². The van der Waals surface area contributed by atoms with Crippen LogP contribution in [0, 0.1) is 0 Å². The summed E-state index contributed by atoms with van der Waals surface area (Å²) in [7, 11) is 0. The van der Waals surface area contributed by atoms with Crippen molar-refractivity contribution >= 4 is 23.2 Å². The molecular formula is C20H24N2O3. The molecule has 0 radical (unpaired) electrons. The fourth-order valence-electron chi connectivity index (χ4n) is 2.24. The van der Waals surface area contributed by atoms with Crippen molar-refractivity contribution < 1.29 is 14.3 Å². The fourth-order valence-corrected chi connectivity index (χ4v) is 2.24. The van der Waals surface area contributed by atoms with Gasteiger partial charge >= 0.3 is 0 Å². The van der Waals surface area contributed by atoms with Gasteiger partial charge in [0.1, 0.15) is 5.75 Å². The number of amides is 2. The normalized spacial score (nSPS) is 10.9. The average molecular weight is 340 g/mol. The number of carbonyl (C=O) groups is 2. The first-order valence-electron chi connectivity index (χ1n) is 8.15. The van der Waals surface area contributed by atoms with Crippen LogP contribution in [0.1, 0.15) is 33.3 Å². The number of hydrogen-bond donors (Lipinski definition) is 2. The highest BCUT2D eigenvalue weighted by atomic mass is 16.5. The quantitative estimate of drug-likeness (QED) is 0.866. The Morgan fingerprint density at radius 1 is 0.880 bits per heavy atom. The van der Waals surface area contributed by atoms with Gasteiger partial charge < -0.3 is 15.4 Å². The second kappa shape index (κ2) is 7.83. The maximum atomic E-state index is 12.0. The van der Waals surface area contributed by atoms with Crippen LogP contribution in [0.4, 0.5) is 11.4 Å². The van der Waals surface area contributed by atoms with Gasteiger partial charge in [0, 0.05) is 18.3 Å². The van der Waals surface area contributed by atoms with Gasteiger partial charge in [0.25, 0.3) is 5.91 Å². The summed E-state index contributed by atoms with van der Waals surface area (Å²) in [4.78, 5) is 23.0. The van der Waals surface area contributed by atoms with Crippen molar-refractivity contribution in [1.82, 2.24) is 0 Å². The first kappa shape index (κ1) is 18.5. The van der Waals surface area contributed by atoms with E-state index in [1.165, 1.54) is 12.5 Å². The Kier molecular flexibility index (Phi) is 5.80. The van der Waals surface area contributed by atoms with E-state index in [4.69, 9.17) is 4.74 Å². The summed E-state index contributed by atoms with van der Waals surface area (Å²) < 4.78 is 5.45. The van der Waals surface area contributed by atoms with Crippen molar-refractivity contribution in [2.45, 2.75) is 33.1 Å². The molecule has 5 nitrogen and oxygen atoms in total. The van der Waals surface area contributed by atoms with E-state index in [2.05, 4.69) is 31.4 Å². The Balaban J connectivity index is 1.85. The van der Waals surface area contributed by atoms with E-state index in [1.807, 2.05) is 24.3 Å². The maximum Gasteiger partial charge on any atom is 0.262 e. The Labute approximate surface area is 148 Å². The van der Waals surface area contributed by atoms with Gasteiger partial charge in [-0.2, -0.15) is 0 Å². The highest BCUT2D eigenvalue weighted by Gasteiger charge is 2.13. The lowest BCUT2D eigenvalue weighted by Crippen LogP contribution is -2.20. The van der Waals surface area contributed by atoms with Crippen molar-refractivity contribution in [2.24, 2.45) is 0 Å². The van der Waals surface area contributed by atoms with Crippen molar-refractivity contribution in [2.75, 3.05) is 17.2 Å². The third-order valence-electron chi connectivity index (χ3n) is 3.58. The lowest BCUT2D eigenvalue weighted by molar-refractivity contribution is -0.118. The Morgan fingerprint density at radius 3 is 1.92 bits per heavy atom. The van der Waals surface area contributed by atoms with Gasteiger partial charge in [-0.1, -0.05) is 32.9 Å². The summed E-state index contributed by atoms with van der Waals surface area (Å²) >= 11 is 0. The summed E-state index contributed by atoms with van der Waals surface area (Å²) in [5.41, 5.74) is 2.71. The molecule has 5 heteroatoms. The lowest BCUT2D eigenvalue weighted by Gasteiger charge is -2.19. The zero-order valence-corrected chi connectivity index (χ0v) is 15.1. The minimum Gasteiger partial charge on any atom is -0.484 e. The molecule has 132 valence electrons. The zero-order valence-electron chi connectivity index (χ0n) is 15.1. The molecule has 2 aromatic carbocycles. The fraction of sp³-hybridized carbons (Fsp3) is 0.300. The van der Waals surface area contributed by atoms with Crippen LogP contribution >= 0.6 is 0 Å². The van der Waals surface area contributed by atoms with Crippen LogP contribution in [0.15, 0.2) is 48.5 Å². The number of anilines is 2. The maximum absolute atomic E-state index is 12.0. The SMILES string of the molecule is CC(=O)Nc1ccc(OCC(=O)Nc2ccc(C(C)(C)C)cc2)cc1. The van der Waals surface area contributed by atoms with Crippen molar-refractivity contribution in [3.05, 3.63) is 54.1 Å². The molecule has 0 spiro atoms. The molecule has 2 aromatic rings. The van der Waals surface area contributed by atoms with E-state index in [0.717, 1.165) is 5.69 Å². The first-order chi connectivity index (χ1) is 11.7. The second-order valence-electron chi connectivity index (χ2n) is 6.87. The molecule has 0 saturated carbocycles. The zero-order chi connectivity index (χ0) is 18.4. The van der Waals surface area contributed by atoms with Crippen LogP contribution in [0.3, 0.4) is 0 Å². The lowest BCUT2D eigenvalue weighted by atomic mass is 9.87. The molecule has 0 atom stereocenters. The number of nitrogens with one attached hydrogen (secondary N) is 2. The van der Waals surface area contributed by atoms with Gasteiger partial charge in [-0.05, 0) is 47.4 Å². The molecule has 2 amide bonds. The highest BCUT2D eigenvalue weighted by molar-refractivity contribution is 5.92. The van der Waals surface area contributed by atoms with Crippen LogP contribution in [-0.4, -0.2) is 18.4 Å². The number of rotatable bonds is 5.